The van der Waals surface area contributed by atoms with E-state index in [1.165, 1.54) is 0 Å². The maximum absolute atomic E-state index is 12.3. The van der Waals surface area contributed by atoms with E-state index in [1.54, 1.807) is 12.5 Å². The predicted molar refractivity (Wildman–Crippen MR) is 69.9 cm³/mol. The third kappa shape index (κ3) is 2.93. The molecule has 1 aliphatic heterocycles. The first-order valence-electron chi connectivity index (χ1n) is 6.61. The van der Waals surface area contributed by atoms with Gasteiger partial charge in [0.25, 0.3) is 0 Å². The van der Waals surface area contributed by atoms with Gasteiger partial charge in [-0.15, -0.1) is 0 Å². The number of furan rings is 1. The van der Waals surface area contributed by atoms with E-state index in [-0.39, 0.29) is 11.3 Å². The van der Waals surface area contributed by atoms with Crippen LogP contribution in [0.4, 0.5) is 0 Å². The number of nitrogens with one attached hydrogen (secondary N) is 2. The Bertz CT molecular complexity index is 379. The highest BCUT2D eigenvalue weighted by Gasteiger charge is 2.36. The Labute approximate surface area is 108 Å². The van der Waals surface area contributed by atoms with Crippen LogP contribution in [0.15, 0.2) is 23.0 Å². The average molecular weight is 250 g/mol. The molecule has 1 amide bonds. The van der Waals surface area contributed by atoms with Crippen LogP contribution in [0.5, 0.6) is 0 Å². The number of rotatable bonds is 4. The van der Waals surface area contributed by atoms with Crippen molar-refractivity contribution < 1.29 is 9.21 Å². The second-order valence-electron chi connectivity index (χ2n) is 5.58. The average Bonchev–Trinajstić information content (AvgIpc) is 2.90. The molecule has 100 valence electrons. The summed E-state index contributed by atoms with van der Waals surface area (Å²) in [7, 11) is 0. The second-order valence-corrected chi connectivity index (χ2v) is 5.58. The Balaban J connectivity index is 1.89. The lowest BCUT2D eigenvalue weighted by atomic mass is 9.74. The highest BCUT2D eigenvalue weighted by molar-refractivity contribution is 5.82. The summed E-state index contributed by atoms with van der Waals surface area (Å²) in [6.07, 6.45) is 5.56. The Morgan fingerprint density at radius 1 is 1.61 bits per heavy atom. The van der Waals surface area contributed by atoms with E-state index in [0.29, 0.717) is 12.5 Å². The van der Waals surface area contributed by atoms with Crippen LogP contribution in [-0.2, 0) is 11.3 Å². The number of amides is 1. The first kappa shape index (κ1) is 13.1. The molecule has 2 rings (SSSR count). The fourth-order valence-corrected chi connectivity index (χ4v) is 2.46. The van der Waals surface area contributed by atoms with Gasteiger partial charge in [0.2, 0.25) is 5.91 Å². The minimum atomic E-state index is -0.322. The minimum Gasteiger partial charge on any atom is -0.472 e. The van der Waals surface area contributed by atoms with Gasteiger partial charge < -0.3 is 15.1 Å². The van der Waals surface area contributed by atoms with Crippen molar-refractivity contribution in [3.8, 4) is 0 Å². The van der Waals surface area contributed by atoms with Gasteiger partial charge in [-0.25, -0.2) is 0 Å². The van der Waals surface area contributed by atoms with E-state index in [4.69, 9.17) is 4.42 Å². The Morgan fingerprint density at radius 2 is 2.44 bits per heavy atom. The molecular weight excluding hydrogens is 228 g/mol. The fraction of sp³-hybridized carbons (Fsp3) is 0.643. The molecule has 2 N–H and O–H groups in total. The molecule has 0 radical (unpaired) electrons. The quantitative estimate of drug-likeness (QED) is 0.858. The van der Waals surface area contributed by atoms with Gasteiger partial charge in [-0.1, -0.05) is 13.8 Å². The highest BCUT2D eigenvalue weighted by Crippen LogP contribution is 2.31. The molecule has 0 aliphatic carbocycles. The zero-order chi connectivity index (χ0) is 13.0. The molecule has 1 atom stereocenters. The van der Waals surface area contributed by atoms with Crippen LogP contribution < -0.4 is 10.6 Å². The minimum absolute atomic E-state index is 0.123. The van der Waals surface area contributed by atoms with Crippen molar-refractivity contribution in [3.63, 3.8) is 0 Å². The van der Waals surface area contributed by atoms with Crippen LogP contribution in [0.2, 0.25) is 0 Å². The monoisotopic (exact) mass is 250 g/mol. The van der Waals surface area contributed by atoms with Crippen molar-refractivity contribution in [2.24, 2.45) is 11.3 Å². The van der Waals surface area contributed by atoms with Crippen LogP contribution >= 0.6 is 0 Å². The van der Waals surface area contributed by atoms with Gasteiger partial charge in [-0.2, -0.15) is 0 Å². The van der Waals surface area contributed by atoms with E-state index in [0.717, 1.165) is 31.5 Å². The van der Waals surface area contributed by atoms with E-state index >= 15 is 0 Å². The summed E-state index contributed by atoms with van der Waals surface area (Å²) in [5, 5.41) is 6.37. The van der Waals surface area contributed by atoms with E-state index in [1.807, 2.05) is 19.9 Å². The van der Waals surface area contributed by atoms with Crippen LogP contribution in [0.25, 0.3) is 0 Å². The summed E-state index contributed by atoms with van der Waals surface area (Å²) in [5.74, 6) is 0.535. The molecule has 2 heterocycles. The van der Waals surface area contributed by atoms with E-state index in [9.17, 15) is 4.79 Å². The SMILES string of the molecule is CC(C)(C(=O)NCc1ccoc1)C1CCCNC1. The zero-order valence-electron chi connectivity index (χ0n) is 11.2. The summed E-state index contributed by atoms with van der Waals surface area (Å²) in [4.78, 5) is 12.3. The molecule has 1 aromatic heterocycles. The summed E-state index contributed by atoms with van der Waals surface area (Å²) < 4.78 is 4.99. The fourth-order valence-electron chi connectivity index (χ4n) is 2.46. The molecule has 4 heteroatoms. The van der Waals surface area contributed by atoms with Crippen LogP contribution in [0.3, 0.4) is 0 Å². The van der Waals surface area contributed by atoms with Gasteiger partial charge >= 0.3 is 0 Å². The van der Waals surface area contributed by atoms with Gasteiger partial charge in [-0.05, 0) is 37.9 Å². The summed E-state index contributed by atoms with van der Waals surface area (Å²) in [5.41, 5.74) is 0.679. The van der Waals surface area contributed by atoms with Crippen LogP contribution in [0.1, 0.15) is 32.3 Å². The molecule has 1 fully saturated rings. The number of carbonyl (C=O) groups is 1. The Kier molecular flexibility index (Phi) is 4.07. The third-order valence-corrected chi connectivity index (χ3v) is 3.94. The van der Waals surface area contributed by atoms with Crippen molar-refractivity contribution in [1.82, 2.24) is 10.6 Å². The standard InChI is InChI=1S/C14H22N2O2/c1-14(2,12-4-3-6-15-9-12)13(17)16-8-11-5-7-18-10-11/h5,7,10,12,15H,3-4,6,8-9H2,1-2H3,(H,16,17). The summed E-state index contributed by atoms with van der Waals surface area (Å²) in [6.45, 7) is 6.62. The molecule has 0 saturated carbocycles. The molecule has 4 nitrogen and oxygen atoms in total. The number of hydrogen-bond donors (Lipinski definition) is 2. The van der Waals surface area contributed by atoms with Crippen LogP contribution in [0, 0.1) is 11.3 Å². The molecule has 1 unspecified atom stereocenters. The van der Waals surface area contributed by atoms with Crippen molar-refractivity contribution in [1.29, 1.82) is 0 Å². The summed E-state index contributed by atoms with van der Waals surface area (Å²) >= 11 is 0. The highest BCUT2D eigenvalue weighted by atomic mass is 16.3. The van der Waals surface area contributed by atoms with Crippen molar-refractivity contribution in [2.45, 2.75) is 33.2 Å². The molecule has 0 bridgehead atoms. The van der Waals surface area contributed by atoms with E-state index < -0.39 is 0 Å². The number of carbonyl (C=O) groups excluding carboxylic acids is 1. The van der Waals surface area contributed by atoms with Gasteiger partial charge in [0.15, 0.2) is 0 Å². The Morgan fingerprint density at radius 3 is 3.06 bits per heavy atom. The number of hydrogen-bond acceptors (Lipinski definition) is 3. The maximum Gasteiger partial charge on any atom is 0.226 e. The molecule has 1 aliphatic rings. The molecule has 1 saturated heterocycles. The smallest absolute Gasteiger partial charge is 0.226 e. The van der Waals surface area contributed by atoms with Crippen molar-refractivity contribution in [2.75, 3.05) is 13.1 Å². The predicted octanol–water partition coefficient (Wildman–Crippen LogP) is 1.92. The van der Waals surface area contributed by atoms with Gasteiger partial charge in [-0.3, -0.25) is 4.79 Å². The normalized spacial score (nSPS) is 20.7. The zero-order valence-corrected chi connectivity index (χ0v) is 11.2. The maximum atomic E-state index is 12.3. The first-order chi connectivity index (χ1) is 8.60. The lowest BCUT2D eigenvalue weighted by Gasteiger charge is -2.36. The second kappa shape index (κ2) is 5.57. The van der Waals surface area contributed by atoms with Crippen LogP contribution in [-0.4, -0.2) is 19.0 Å². The largest absolute Gasteiger partial charge is 0.472 e. The topological polar surface area (TPSA) is 54.3 Å². The molecule has 0 aromatic carbocycles. The molecule has 1 aromatic rings. The van der Waals surface area contributed by atoms with Gasteiger partial charge in [0.05, 0.1) is 12.5 Å². The van der Waals surface area contributed by atoms with Gasteiger partial charge in [0.1, 0.15) is 0 Å². The molecular formula is C14H22N2O2. The van der Waals surface area contributed by atoms with Gasteiger partial charge in [0, 0.05) is 17.5 Å². The lowest BCUT2D eigenvalue weighted by molar-refractivity contribution is -0.132. The molecule has 0 spiro atoms. The van der Waals surface area contributed by atoms with Crippen molar-refractivity contribution >= 4 is 5.91 Å². The third-order valence-electron chi connectivity index (χ3n) is 3.94. The number of piperidine rings is 1. The Hall–Kier alpha value is -1.29. The van der Waals surface area contributed by atoms with Crippen molar-refractivity contribution in [3.05, 3.63) is 24.2 Å². The first-order valence-corrected chi connectivity index (χ1v) is 6.61. The summed E-state index contributed by atoms with van der Waals surface area (Å²) in [6, 6.07) is 1.87. The molecule has 18 heavy (non-hydrogen) atoms. The van der Waals surface area contributed by atoms with E-state index in [2.05, 4.69) is 10.6 Å². The lowest BCUT2D eigenvalue weighted by Crippen LogP contribution is -2.47.